The van der Waals surface area contributed by atoms with Gasteiger partial charge in [0.25, 0.3) is 0 Å². The van der Waals surface area contributed by atoms with E-state index < -0.39 is 53.7 Å². The molecule has 1 N–H and O–H groups in total. The minimum absolute atomic E-state index is 0.0431. The Morgan fingerprint density at radius 3 is 2.07 bits per heavy atom. The van der Waals surface area contributed by atoms with E-state index in [1.807, 2.05) is 0 Å². The molecule has 1 fully saturated rings. The molecule has 0 aliphatic carbocycles. The van der Waals surface area contributed by atoms with E-state index in [0.717, 1.165) is 7.11 Å². The van der Waals surface area contributed by atoms with Crippen LogP contribution in [0.3, 0.4) is 0 Å². The highest BCUT2D eigenvalue weighted by atomic mass is 19.4. The third kappa shape index (κ3) is 5.22. The van der Waals surface area contributed by atoms with Gasteiger partial charge in [0.1, 0.15) is 5.75 Å². The Labute approximate surface area is 150 Å². The fraction of sp³-hybridized carbons (Fsp3) is 0.625. The van der Waals surface area contributed by atoms with Crippen LogP contribution in [0, 0.1) is 0 Å². The topological polar surface area (TPSA) is 24.5 Å². The average molecular weight is 406 g/mol. The van der Waals surface area contributed by atoms with Crippen molar-refractivity contribution >= 4 is 0 Å². The molecule has 0 unspecified atom stereocenters. The second-order valence-electron chi connectivity index (χ2n) is 6.06. The summed E-state index contributed by atoms with van der Waals surface area (Å²) < 4.78 is 111. The molecule has 2 rings (SSSR count). The summed E-state index contributed by atoms with van der Waals surface area (Å²) in [5, 5.41) is 2.95. The summed E-state index contributed by atoms with van der Waals surface area (Å²) in [5.41, 5.74) is -3.86. The summed E-state index contributed by atoms with van der Waals surface area (Å²) in [5.74, 6) is -0.707. The number of hydrogen-bond donors (Lipinski definition) is 1. The van der Waals surface area contributed by atoms with Gasteiger partial charge in [-0.05, 0) is 12.1 Å². The molecule has 1 aliphatic heterocycles. The van der Waals surface area contributed by atoms with Crippen molar-refractivity contribution in [1.29, 1.82) is 0 Å². The number of rotatable bonds is 5. The summed E-state index contributed by atoms with van der Waals surface area (Å²) in [6.45, 7) is 1.09. The summed E-state index contributed by atoms with van der Waals surface area (Å²) >= 11 is 0. The summed E-state index contributed by atoms with van der Waals surface area (Å²) in [4.78, 5) is 1.41. The number of methoxy groups -OCH3 is 1. The predicted molar refractivity (Wildman–Crippen MR) is 80.8 cm³/mol. The van der Waals surface area contributed by atoms with E-state index in [1.165, 1.54) is 4.90 Å². The van der Waals surface area contributed by atoms with E-state index in [9.17, 15) is 35.1 Å². The maximum absolute atomic E-state index is 13.6. The Morgan fingerprint density at radius 2 is 1.63 bits per heavy atom. The van der Waals surface area contributed by atoms with E-state index >= 15 is 0 Å². The zero-order valence-electron chi connectivity index (χ0n) is 14.2. The fourth-order valence-electron chi connectivity index (χ4n) is 3.15. The monoisotopic (exact) mass is 406 g/mol. The molecule has 0 spiro atoms. The summed E-state index contributed by atoms with van der Waals surface area (Å²) in [6.07, 6.45) is -14.1. The second kappa shape index (κ2) is 8.17. The first-order valence-electron chi connectivity index (χ1n) is 8.04. The van der Waals surface area contributed by atoms with Gasteiger partial charge in [-0.1, -0.05) is 0 Å². The van der Waals surface area contributed by atoms with Gasteiger partial charge in [0.05, 0.1) is 18.2 Å². The standard InChI is InChI=1S/C16H18F8N2O/c1-27-12-7-9(15(19,20)21)6-10(16(22,23)24)14(12)11(8-13(17)18)26-4-2-25-3-5-26/h6-7,11,13,25H,2-5,8H2,1H3/t11-/m0/s1. The second-order valence-corrected chi connectivity index (χ2v) is 6.06. The molecule has 1 aromatic rings. The van der Waals surface area contributed by atoms with Gasteiger partial charge < -0.3 is 10.1 Å². The minimum Gasteiger partial charge on any atom is -0.496 e. The van der Waals surface area contributed by atoms with Crippen LogP contribution in [0.4, 0.5) is 35.1 Å². The van der Waals surface area contributed by atoms with Crippen molar-refractivity contribution in [3.05, 3.63) is 28.8 Å². The van der Waals surface area contributed by atoms with Crippen LogP contribution in [-0.4, -0.2) is 44.6 Å². The molecule has 154 valence electrons. The van der Waals surface area contributed by atoms with Crippen LogP contribution in [0.25, 0.3) is 0 Å². The molecule has 1 heterocycles. The molecule has 0 saturated carbocycles. The molecular weight excluding hydrogens is 388 g/mol. The highest BCUT2D eigenvalue weighted by Crippen LogP contribution is 2.46. The first-order chi connectivity index (χ1) is 12.4. The molecule has 27 heavy (non-hydrogen) atoms. The van der Waals surface area contributed by atoms with E-state index in [0.29, 0.717) is 19.2 Å². The highest BCUT2D eigenvalue weighted by molar-refractivity contribution is 5.48. The van der Waals surface area contributed by atoms with Gasteiger partial charge in [-0.25, -0.2) is 8.78 Å². The van der Waals surface area contributed by atoms with Crippen molar-refractivity contribution in [2.45, 2.75) is 31.2 Å². The largest absolute Gasteiger partial charge is 0.496 e. The number of nitrogens with zero attached hydrogens (tertiary/aromatic N) is 1. The van der Waals surface area contributed by atoms with E-state index in [1.54, 1.807) is 0 Å². The molecule has 0 amide bonds. The molecule has 3 nitrogen and oxygen atoms in total. The number of halogens is 8. The van der Waals surface area contributed by atoms with Crippen LogP contribution < -0.4 is 10.1 Å². The third-order valence-electron chi connectivity index (χ3n) is 4.32. The Hall–Kier alpha value is -1.62. The number of ether oxygens (including phenoxy) is 1. The summed E-state index contributed by atoms with van der Waals surface area (Å²) in [6, 6.07) is -1.05. The van der Waals surface area contributed by atoms with Gasteiger partial charge in [-0.3, -0.25) is 4.90 Å². The molecule has 1 aromatic carbocycles. The first-order valence-corrected chi connectivity index (χ1v) is 8.04. The maximum atomic E-state index is 13.6. The van der Waals surface area contributed by atoms with Crippen molar-refractivity contribution in [3.8, 4) is 5.75 Å². The van der Waals surface area contributed by atoms with Crippen LogP contribution >= 0.6 is 0 Å². The quantitative estimate of drug-likeness (QED) is 0.737. The maximum Gasteiger partial charge on any atom is 0.416 e. The van der Waals surface area contributed by atoms with Crippen molar-refractivity contribution in [2.24, 2.45) is 0 Å². The molecule has 11 heteroatoms. The van der Waals surface area contributed by atoms with Crippen LogP contribution in [0.15, 0.2) is 12.1 Å². The number of benzene rings is 1. The Morgan fingerprint density at radius 1 is 1.04 bits per heavy atom. The highest BCUT2D eigenvalue weighted by Gasteiger charge is 2.43. The van der Waals surface area contributed by atoms with Gasteiger partial charge in [-0.2, -0.15) is 26.3 Å². The van der Waals surface area contributed by atoms with Gasteiger partial charge in [-0.15, -0.1) is 0 Å². The van der Waals surface area contributed by atoms with Gasteiger partial charge in [0, 0.05) is 44.2 Å². The van der Waals surface area contributed by atoms with Crippen LogP contribution in [0.5, 0.6) is 5.75 Å². The molecule has 0 aromatic heterocycles. The number of nitrogens with one attached hydrogen (secondary N) is 1. The van der Waals surface area contributed by atoms with Crippen LogP contribution in [-0.2, 0) is 12.4 Å². The van der Waals surface area contributed by atoms with Crippen LogP contribution in [0.2, 0.25) is 0 Å². The van der Waals surface area contributed by atoms with Crippen molar-refractivity contribution < 1.29 is 39.9 Å². The van der Waals surface area contributed by atoms with E-state index in [-0.39, 0.29) is 19.2 Å². The lowest BCUT2D eigenvalue weighted by atomic mass is 9.92. The SMILES string of the molecule is COc1cc(C(F)(F)F)cc(C(F)(F)F)c1[C@H](CC(F)F)N1CCNCC1. The van der Waals surface area contributed by atoms with Crippen molar-refractivity contribution in [3.63, 3.8) is 0 Å². The zero-order chi connectivity index (χ0) is 20.4. The lowest BCUT2D eigenvalue weighted by Crippen LogP contribution is -2.46. The normalized spacial score (nSPS) is 18.0. The molecule has 1 aliphatic rings. The summed E-state index contributed by atoms with van der Waals surface area (Å²) in [7, 11) is 0.913. The minimum atomic E-state index is -5.17. The molecule has 0 radical (unpaired) electrons. The zero-order valence-corrected chi connectivity index (χ0v) is 14.2. The lowest BCUT2D eigenvalue weighted by Gasteiger charge is -2.37. The number of alkyl halides is 8. The average Bonchev–Trinajstić information content (AvgIpc) is 2.57. The predicted octanol–water partition coefficient (Wildman–Crippen LogP) is 4.33. The van der Waals surface area contributed by atoms with E-state index in [4.69, 9.17) is 4.74 Å². The first kappa shape index (κ1) is 21.7. The molecule has 1 saturated heterocycles. The van der Waals surface area contributed by atoms with Gasteiger partial charge >= 0.3 is 12.4 Å². The molecule has 1 atom stereocenters. The fourth-order valence-corrected chi connectivity index (χ4v) is 3.15. The number of piperazine rings is 1. The van der Waals surface area contributed by atoms with Crippen molar-refractivity contribution in [2.75, 3.05) is 33.3 Å². The Balaban J connectivity index is 2.68. The molecular formula is C16H18F8N2O. The van der Waals surface area contributed by atoms with Crippen LogP contribution in [0.1, 0.15) is 29.2 Å². The van der Waals surface area contributed by atoms with E-state index in [2.05, 4.69) is 5.32 Å². The number of hydrogen-bond acceptors (Lipinski definition) is 3. The van der Waals surface area contributed by atoms with Gasteiger partial charge in [0.15, 0.2) is 0 Å². The van der Waals surface area contributed by atoms with Crippen molar-refractivity contribution in [1.82, 2.24) is 10.2 Å². The Kier molecular flexibility index (Phi) is 6.56. The Bertz CT molecular complexity index is 639. The lowest BCUT2D eigenvalue weighted by molar-refractivity contribution is -0.144. The van der Waals surface area contributed by atoms with Gasteiger partial charge in [0.2, 0.25) is 6.43 Å². The smallest absolute Gasteiger partial charge is 0.416 e. The molecule has 0 bridgehead atoms. The third-order valence-corrected chi connectivity index (χ3v) is 4.32.